The molecule has 26 heavy (non-hydrogen) atoms. The Balaban J connectivity index is 1.52. The predicted octanol–water partition coefficient (Wildman–Crippen LogP) is 5.85. The van der Waals surface area contributed by atoms with Gasteiger partial charge in [0.2, 0.25) is 0 Å². The lowest BCUT2D eigenvalue weighted by Crippen LogP contribution is -2.00. The molecule has 0 unspecified atom stereocenters. The van der Waals surface area contributed by atoms with Gasteiger partial charge in [0.25, 0.3) is 0 Å². The number of nitrogens with one attached hydrogen (secondary N) is 1. The van der Waals surface area contributed by atoms with Crippen molar-refractivity contribution in [3.63, 3.8) is 0 Å². The fourth-order valence-electron chi connectivity index (χ4n) is 2.53. The second-order valence-electron chi connectivity index (χ2n) is 6.12. The fraction of sp³-hybridized carbons (Fsp3) is 0.182. The summed E-state index contributed by atoms with van der Waals surface area (Å²) in [5, 5.41) is 3.95. The third-order valence-corrected chi connectivity index (χ3v) is 4.39. The molecule has 3 nitrogen and oxygen atoms in total. The van der Waals surface area contributed by atoms with E-state index >= 15 is 0 Å². The lowest BCUT2D eigenvalue weighted by atomic mass is 10.2. The normalized spacial score (nSPS) is 10.4. The third-order valence-electron chi connectivity index (χ3n) is 4.10. The molecule has 0 saturated carbocycles. The van der Waals surface area contributed by atoms with Gasteiger partial charge in [-0.15, -0.1) is 0 Å². The zero-order valence-electron chi connectivity index (χ0n) is 15.0. The zero-order chi connectivity index (χ0) is 18.4. The van der Waals surface area contributed by atoms with Crippen molar-refractivity contribution in [3.8, 4) is 11.5 Å². The number of halogens is 1. The molecule has 0 amide bonds. The van der Waals surface area contributed by atoms with Crippen molar-refractivity contribution >= 4 is 17.3 Å². The average molecular weight is 368 g/mol. The highest BCUT2D eigenvalue weighted by molar-refractivity contribution is 6.32. The molecule has 134 valence electrons. The molecule has 0 fully saturated rings. The molecule has 0 saturated heterocycles. The van der Waals surface area contributed by atoms with E-state index in [0.717, 1.165) is 17.0 Å². The van der Waals surface area contributed by atoms with E-state index in [1.54, 1.807) is 7.11 Å². The predicted molar refractivity (Wildman–Crippen MR) is 107 cm³/mol. The summed E-state index contributed by atoms with van der Waals surface area (Å²) in [4.78, 5) is 0. The Hall–Kier alpha value is -2.65. The molecule has 4 heteroatoms. The van der Waals surface area contributed by atoms with E-state index in [4.69, 9.17) is 21.1 Å². The number of rotatable bonds is 7. The molecule has 0 aliphatic carbocycles. The highest BCUT2D eigenvalue weighted by atomic mass is 35.5. The largest absolute Gasteiger partial charge is 0.495 e. The quantitative estimate of drug-likeness (QED) is 0.568. The summed E-state index contributed by atoms with van der Waals surface area (Å²) in [6.07, 6.45) is 0. The van der Waals surface area contributed by atoms with Crippen LogP contribution in [0.3, 0.4) is 0 Å². The van der Waals surface area contributed by atoms with E-state index in [9.17, 15) is 0 Å². The smallest absolute Gasteiger partial charge is 0.137 e. The molecular weight excluding hydrogens is 346 g/mol. The zero-order valence-corrected chi connectivity index (χ0v) is 15.7. The Kier molecular flexibility index (Phi) is 6.03. The summed E-state index contributed by atoms with van der Waals surface area (Å²) in [6.45, 7) is 3.36. The van der Waals surface area contributed by atoms with Crippen molar-refractivity contribution in [1.29, 1.82) is 0 Å². The molecule has 1 N–H and O–H groups in total. The van der Waals surface area contributed by atoms with Gasteiger partial charge in [0, 0.05) is 12.2 Å². The Morgan fingerprint density at radius 3 is 2.23 bits per heavy atom. The lowest BCUT2D eigenvalue weighted by Gasteiger charge is -2.10. The second-order valence-corrected chi connectivity index (χ2v) is 6.53. The molecule has 0 heterocycles. The third kappa shape index (κ3) is 4.93. The van der Waals surface area contributed by atoms with Crippen molar-refractivity contribution in [1.82, 2.24) is 0 Å². The van der Waals surface area contributed by atoms with Crippen LogP contribution in [-0.2, 0) is 13.2 Å². The van der Waals surface area contributed by atoms with Crippen LogP contribution >= 0.6 is 11.6 Å². The number of benzene rings is 3. The minimum Gasteiger partial charge on any atom is -0.495 e. The number of hydrogen-bond acceptors (Lipinski definition) is 3. The molecule has 0 spiro atoms. The van der Waals surface area contributed by atoms with E-state index in [-0.39, 0.29) is 0 Å². The topological polar surface area (TPSA) is 30.5 Å². The second kappa shape index (κ2) is 8.63. The summed E-state index contributed by atoms with van der Waals surface area (Å²) in [7, 11) is 1.61. The minimum atomic E-state index is 0.572. The lowest BCUT2D eigenvalue weighted by molar-refractivity contribution is 0.306. The maximum Gasteiger partial charge on any atom is 0.137 e. The molecule has 0 radical (unpaired) electrons. The van der Waals surface area contributed by atoms with E-state index in [1.807, 2.05) is 30.3 Å². The summed E-state index contributed by atoms with van der Waals surface area (Å²) in [6, 6.07) is 22.1. The Bertz CT molecular complexity index is 845. The Morgan fingerprint density at radius 2 is 1.58 bits per heavy atom. The molecule has 0 aliphatic heterocycles. The van der Waals surface area contributed by atoms with Crippen molar-refractivity contribution < 1.29 is 9.47 Å². The molecule has 0 aromatic heterocycles. The molecule has 0 bridgehead atoms. The summed E-state index contributed by atoms with van der Waals surface area (Å²) >= 11 is 6.14. The fourth-order valence-corrected chi connectivity index (χ4v) is 2.79. The van der Waals surface area contributed by atoms with Crippen LogP contribution in [0.1, 0.15) is 16.7 Å². The number of anilines is 1. The SMILES string of the molecule is COc1ccc(NCc2ccc(OCc3ccc(C)cc3)cc2)cc1Cl. The standard InChI is InChI=1S/C22H22ClNO2/c1-16-3-5-18(6-4-16)15-26-20-10-7-17(8-11-20)14-24-19-9-12-22(25-2)21(23)13-19/h3-13,24H,14-15H2,1-2H3. The molecule has 0 atom stereocenters. The van der Waals surface area contributed by atoms with Crippen LogP contribution in [0.15, 0.2) is 66.7 Å². The van der Waals surface area contributed by atoms with Gasteiger partial charge in [0.15, 0.2) is 0 Å². The average Bonchev–Trinajstić information content (AvgIpc) is 2.67. The first-order valence-corrected chi connectivity index (χ1v) is 8.86. The van der Waals surface area contributed by atoms with Crippen LogP contribution in [0.2, 0.25) is 5.02 Å². The molecular formula is C22H22ClNO2. The first kappa shape index (κ1) is 18.2. The van der Waals surface area contributed by atoms with Crippen LogP contribution in [0.25, 0.3) is 0 Å². The van der Waals surface area contributed by atoms with Gasteiger partial charge in [-0.2, -0.15) is 0 Å². The van der Waals surface area contributed by atoms with Crippen LogP contribution in [0, 0.1) is 6.92 Å². The van der Waals surface area contributed by atoms with Gasteiger partial charge in [-0.25, -0.2) is 0 Å². The monoisotopic (exact) mass is 367 g/mol. The summed E-state index contributed by atoms with van der Waals surface area (Å²) in [5.41, 5.74) is 4.54. The first-order chi connectivity index (χ1) is 12.6. The van der Waals surface area contributed by atoms with E-state index in [2.05, 4.69) is 48.6 Å². The van der Waals surface area contributed by atoms with Gasteiger partial charge in [-0.1, -0.05) is 53.6 Å². The highest BCUT2D eigenvalue weighted by Gasteiger charge is 2.02. The van der Waals surface area contributed by atoms with Crippen molar-refractivity contribution in [2.75, 3.05) is 12.4 Å². The Labute approximate surface area is 159 Å². The number of aryl methyl sites for hydroxylation is 1. The van der Waals surface area contributed by atoms with Gasteiger partial charge in [0.1, 0.15) is 18.1 Å². The number of methoxy groups -OCH3 is 1. The van der Waals surface area contributed by atoms with E-state index < -0.39 is 0 Å². The van der Waals surface area contributed by atoms with Crippen LogP contribution in [-0.4, -0.2) is 7.11 Å². The van der Waals surface area contributed by atoms with Gasteiger partial charge in [0.05, 0.1) is 12.1 Å². The van der Waals surface area contributed by atoms with Crippen molar-refractivity contribution in [3.05, 3.63) is 88.4 Å². The summed E-state index contributed by atoms with van der Waals surface area (Å²) in [5.74, 6) is 1.54. The first-order valence-electron chi connectivity index (χ1n) is 8.49. The van der Waals surface area contributed by atoms with Crippen LogP contribution < -0.4 is 14.8 Å². The highest BCUT2D eigenvalue weighted by Crippen LogP contribution is 2.27. The van der Waals surface area contributed by atoms with E-state index in [0.29, 0.717) is 23.9 Å². The van der Waals surface area contributed by atoms with Gasteiger partial charge in [-0.3, -0.25) is 0 Å². The van der Waals surface area contributed by atoms with Gasteiger partial charge in [-0.05, 0) is 48.4 Å². The van der Waals surface area contributed by atoms with Crippen molar-refractivity contribution in [2.24, 2.45) is 0 Å². The van der Waals surface area contributed by atoms with Gasteiger partial charge >= 0.3 is 0 Å². The molecule has 0 aliphatic rings. The minimum absolute atomic E-state index is 0.572. The Morgan fingerprint density at radius 1 is 0.885 bits per heavy atom. The molecule has 3 rings (SSSR count). The summed E-state index contributed by atoms with van der Waals surface area (Å²) < 4.78 is 11.0. The van der Waals surface area contributed by atoms with Crippen LogP contribution in [0.5, 0.6) is 11.5 Å². The number of hydrogen-bond donors (Lipinski definition) is 1. The van der Waals surface area contributed by atoms with Gasteiger partial charge < -0.3 is 14.8 Å². The number of ether oxygens (including phenoxy) is 2. The van der Waals surface area contributed by atoms with Crippen LogP contribution in [0.4, 0.5) is 5.69 Å². The van der Waals surface area contributed by atoms with Crippen molar-refractivity contribution in [2.45, 2.75) is 20.1 Å². The molecule has 3 aromatic carbocycles. The maximum atomic E-state index is 6.14. The molecule has 3 aromatic rings. The van der Waals surface area contributed by atoms with E-state index in [1.165, 1.54) is 11.1 Å². The maximum absolute atomic E-state index is 6.14.